The number of nitrogens with zero attached hydrogens (tertiary/aromatic N) is 3. The summed E-state index contributed by atoms with van der Waals surface area (Å²) in [7, 11) is 0. The van der Waals surface area contributed by atoms with E-state index in [1.807, 2.05) is 33.9 Å². The standard InChI is InChI=1S/C10H16N4.2C2H6/c1-8-2-3-13(6-8)9-5-12-14-7-11-4-10(9)14;2*1-2/h5,8,11H,2-4,6-7H2,1H3;2*1-2H3. The smallest absolute Gasteiger partial charge is 0.0911 e. The maximum absolute atomic E-state index is 4.38. The van der Waals surface area contributed by atoms with Crippen LogP contribution in [0.1, 0.15) is 46.7 Å². The van der Waals surface area contributed by atoms with Crippen LogP contribution in [0, 0.1) is 5.92 Å². The molecule has 1 fully saturated rings. The highest BCUT2D eigenvalue weighted by atomic mass is 15.4. The molecule has 0 radical (unpaired) electrons. The molecular formula is C14H28N4. The quantitative estimate of drug-likeness (QED) is 0.834. The molecule has 1 N–H and O–H groups in total. The SMILES string of the molecule is CC.CC.CC1CCN(c2cnn3c2CNC3)C1. The fourth-order valence-electron chi connectivity index (χ4n) is 2.42. The van der Waals surface area contributed by atoms with Crippen molar-refractivity contribution >= 4 is 5.69 Å². The summed E-state index contributed by atoms with van der Waals surface area (Å²) < 4.78 is 2.07. The first-order valence-electron chi connectivity index (χ1n) is 7.35. The predicted molar refractivity (Wildman–Crippen MR) is 77.8 cm³/mol. The molecule has 2 aliphatic rings. The lowest BCUT2D eigenvalue weighted by molar-refractivity contribution is 0.600. The first-order valence-corrected chi connectivity index (χ1v) is 7.35. The van der Waals surface area contributed by atoms with Crippen LogP contribution in [0.15, 0.2) is 6.20 Å². The number of hydrogen-bond acceptors (Lipinski definition) is 3. The molecule has 18 heavy (non-hydrogen) atoms. The van der Waals surface area contributed by atoms with E-state index in [2.05, 4.69) is 26.9 Å². The van der Waals surface area contributed by atoms with E-state index in [-0.39, 0.29) is 0 Å². The minimum Gasteiger partial charge on any atom is -0.368 e. The molecule has 1 unspecified atom stereocenters. The van der Waals surface area contributed by atoms with Crippen molar-refractivity contribution in [2.24, 2.45) is 5.92 Å². The van der Waals surface area contributed by atoms with Crippen molar-refractivity contribution in [1.29, 1.82) is 0 Å². The molecule has 4 heteroatoms. The van der Waals surface area contributed by atoms with Gasteiger partial charge < -0.3 is 4.90 Å². The van der Waals surface area contributed by atoms with Crippen molar-refractivity contribution < 1.29 is 0 Å². The third-order valence-electron chi connectivity index (χ3n) is 3.25. The van der Waals surface area contributed by atoms with Crippen LogP contribution >= 0.6 is 0 Å². The summed E-state index contributed by atoms with van der Waals surface area (Å²) in [5, 5.41) is 7.70. The second-order valence-electron chi connectivity index (χ2n) is 4.40. The number of rotatable bonds is 1. The molecule has 2 aliphatic heterocycles. The van der Waals surface area contributed by atoms with Crippen molar-refractivity contribution in [3.05, 3.63) is 11.9 Å². The fourth-order valence-corrected chi connectivity index (χ4v) is 2.42. The molecule has 1 aromatic rings. The van der Waals surface area contributed by atoms with Gasteiger partial charge >= 0.3 is 0 Å². The molecule has 0 aromatic carbocycles. The summed E-state index contributed by atoms with van der Waals surface area (Å²) in [6, 6.07) is 0. The Morgan fingerprint density at radius 3 is 2.61 bits per heavy atom. The summed E-state index contributed by atoms with van der Waals surface area (Å²) in [6.45, 7) is 14.6. The number of hydrogen-bond donors (Lipinski definition) is 1. The van der Waals surface area contributed by atoms with Crippen LogP contribution in [0.4, 0.5) is 5.69 Å². The van der Waals surface area contributed by atoms with Gasteiger partial charge in [0.2, 0.25) is 0 Å². The maximum Gasteiger partial charge on any atom is 0.0911 e. The van der Waals surface area contributed by atoms with E-state index >= 15 is 0 Å². The average molecular weight is 252 g/mol. The monoisotopic (exact) mass is 252 g/mol. The minimum atomic E-state index is 0.833. The van der Waals surface area contributed by atoms with E-state index in [4.69, 9.17) is 0 Å². The van der Waals surface area contributed by atoms with E-state index in [1.54, 1.807) is 0 Å². The summed E-state index contributed by atoms with van der Waals surface area (Å²) >= 11 is 0. The van der Waals surface area contributed by atoms with Gasteiger partial charge in [-0.25, -0.2) is 0 Å². The molecule has 1 aromatic heterocycles. The summed E-state index contributed by atoms with van der Waals surface area (Å²) in [5.74, 6) is 0.833. The largest absolute Gasteiger partial charge is 0.368 e. The van der Waals surface area contributed by atoms with Crippen LogP contribution in [0.2, 0.25) is 0 Å². The van der Waals surface area contributed by atoms with Crippen LogP contribution in [-0.2, 0) is 13.2 Å². The average Bonchev–Trinajstić information content (AvgIpc) is 3.10. The van der Waals surface area contributed by atoms with Gasteiger partial charge in [0, 0.05) is 19.6 Å². The maximum atomic E-state index is 4.38. The molecule has 1 atom stereocenters. The molecular weight excluding hydrogens is 224 g/mol. The van der Waals surface area contributed by atoms with Crippen molar-refractivity contribution in [3.63, 3.8) is 0 Å². The van der Waals surface area contributed by atoms with Gasteiger partial charge in [0.1, 0.15) is 0 Å². The Morgan fingerprint density at radius 2 is 2.00 bits per heavy atom. The second-order valence-corrected chi connectivity index (χ2v) is 4.40. The second kappa shape index (κ2) is 7.41. The van der Waals surface area contributed by atoms with E-state index in [9.17, 15) is 0 Å². The molecule has 3 rings (SSSR count). The molecule has 0 saturated carbocycles. The van der Waals surface area contributed by atoms with E-state index in [0.29, 0.717) is 0 Å². The topological polar surface area (TPSA) is 33.1 Å². The van der Waals surface area contributed by atoms with Crippen molar-refractivity contribution in [1.82, 2.24) is 15.1 Å². The zero-order valence-corrected chi connectivity index (χ0v) is 12.5. The highest BCUT2D eigenvalue weighted by Gasteiger charge is 2.25. The normalized spacial score (nSPS) is 20.7. The first-order chi connectivity index (χ1) is 8.84. The molecule has 0 amide bonds. The van der Waals surface area contributed by atoms with Gasteiger partial charge in [-0.2, -0.15) is 5.10 Å². The van der Waals surface area contributed by atoms with Crippen molar-refractivity contribution in [2.75, 3.05) is 18.0 Å². The number of aromatic nitrogens is 2. The van der Waals surface area contributed by atoms with Crippen molar-refractivity contribution in [3.8, 4) is 0 Å². The Balaban J connectivity index is 0.000000371. The van der Waals surface area contributed by atoms with Gasteiger partial charge in [0.25, 0.3) is 0 Å². The summed E-state index contributed by atoms with van der Waals surface area (Å²) in [6.07, 6.45) is 3.34. The lowest BCUT2D eigenvalue weighted by Gasteiger charge is -2.16. The Morgan fingerprint density at radius 1 is 1.28 bits per heavy atom. The fraction of sp³-hybridized carbons (Fsp3) is 0.786. The zero-order valence-electron chi connectivity index (χ0n) is 12.5. The number of anilines is 1. The third-order valence-corrected chi connectivity index (χ3v) is 3.25. The zero-order chi connectivity index (χ0) is 13.5. The minimum absolute atomic E-state index is 0.833. The number of fused-ring (bicyclic) bond motifs is 1. The first kappa shape index (κ1) is 15.0. The molecule has 0 aliphatic carbocycles. The Bertz CT molecular complexity index is 346. The van der Waals surface area contributed by atoms with E-state index < -0.39 is 0 Å². The van der Waals surface area contributed by atoms with Crippen molar-refractivity contribution in [2.45, 2.75) is 54.3 Å². The lowest BCUT2D eigenvalue weighted by Crippen LogP contribution is -2.20. The van der Waals surface area contributed by atoms with Crippen LogP contribution < -0.4 is 10.2 Å². The molecule has 4 nitrogen and oxygen atoms in total. The third kappa shape index (κ3) is 3.05. The highest BCUT2D eigenvalue weighted by Crippen LogP contribution is 2.27. The summed E-state index contributed by atoms with van der Waals surface area (Å²) in [5.41, 5.74) is 2.71. The van der Waals surface area contributed by atoms with Crippen LogP contribution in [0.5, 0.6) is 0 Å². The van der Waals surface area contributed by atoms with E-state index in [0.717, 1.165) is 19.1 Å². The van der Waals surface area contributed by atoms with Gasteiger partial charge in [-0.05, 0) is 12.3 Å². The highest BCUT2D eigenvalue weighted by molar-refractivity contribution is 5.51. The molecule has 104 valence electrons. The van der Waals surface area contributed by atoms with Gasteiger partial charge in [0.15, 0.2) is 0 Å². The lowest BCUT2D eigenvalue weighted by atomic mass is 10.2. The molecule has 1 saturated heterocycles. The Kier molecular flexibility index (Phi) is 6.19. The molecule has 3 heterocycles. The van der Waals surface area contributed by atoms with Gasteiger partial charge in [-0.15, -0.1) is 0 Å². The van der Waals surface area contributed by atoms with Crippen LogP contribution in [0.25, 0.3) is 0 Å². The predicted octanol–water partition coefficient (Wildman–Crippen LogP) is 2.84. The van der Waals surface area contributed by atoms with E-state index in [1.165, 1.54) is 30.9 Å². The van der Waals surface area contributed by atoms with Crippen LogP contribution in [-0.4, -0.2) is 22.9 Å². The van der Waals surface area contributed by atoms with Crippen LogP contribution in [0.3, 0.4) is 0 Å². The molecule has 0 spiro atoms. The Labute approximate surface area is 111 Å². The number of nitrogens with one attached hydrogen (secondary N) is 1. The summed E-state index contributed by atoms with van der Waals surface area (Å²) in [4.78, 5) is 2.47. The Hall–Kier alpha value is -1.03. The molecule has 0 bridgehead atoms. The van der Waals surface area contributed by atoms with Gasteiger partial charge in [-0.1, -0.05) is 34.6 Å². The van der Waals surface area contributed by atoms with Gasteiger partial charge in [0.05, 0.1) is 24.2 Å². The van der Waals surface area contributed by atoms with Gasteiger partial charge in [-0.3, -0.25) is 10.00 Å².